The topological polar surface area (TPSA) is 67.4 Å². The Labute approximate surface area is 125 Å². The van der Waals surface area contributed by atoms with Gasteiger partial charge in [0.25, 0.3) is 0 Å². The lowest BCUT2D eigenvalue weighted by atomic mass is 9.65. The van der Waals surface area contributed by atoms with Crippen LogP contribution in [0.4, 0.5) is 4.79 Å². The van der Waals surface area contributed by atoms with Crippen molar-refractivity contribution >= 4 is 12.0 Å². The summed E-state index contributed by atoms with van der Waals surface area (Å²) in [5.41, 5.74) is 1.47. The van der Waals surface area contributed by atoms with Crippen LogP contribution in [0, 0.1) is 5.41 Å². The van der Waals surface area contributed by atoms with Gasteiger partial charge in [-0.1, -0.05) is 36.8 Å². The molecule has 0 bridgehead atoms. The van der Waals surface area contributed by atoms with E-state index in [0.29, 0.717) is 6.54 Å². The van der Waals surface area contributed by atoms with Gasteiger partial charge in [0.2, 0.25) is 5.91 Å². The first-order valence-electron chi connectivity index (χ1n) is 7.26. The largest absolute Gasteiger partial charge is 0.453 e. The minimum absolute atomic E-state index is 0.0475. The Balaban J connectivity index is 1.79. The van der Waals surface area contributed by atoms with Crippen LogP contribution in [0.5, 0.6) is 0 Å². The summed E-state index contributed by atoms with van der Waals surface area (Å²) in [7, 11) is 1.27. The summed E-state index contributed by atoms with van der Waals surface area (Å²) >= 11 is 0. The van der Waals surface area contributed by atoms with Crippen LogP contribution in [0.3, 0.4) is 0 Å². The van der Waals surface area contributed by atoms with E-state index in [9.17, 15) is 9.59 Å². The first-order valence-corrected chi connectivity index (χ1v) is 7.26. The summed E-state index contributed by atoms with van der Waals surface area (Å²) in [6.07, 6.45) is 3.87. The Bertz CT molecular complexity index is 484. The number of alkyl carbamates (subject to hydrolysis) is 1. The summed E-state index contributed by atoms with van der Waals surface area (Å²) in [5.74, 6) is -0.181. The predicted octanol–water partition coefficient (Wildman–Crippen LogP) is 1.87. The third-order valence-corrected chi connectivity index (χ3v) is 4.08. The van der Waals surface area contributed by atoms with Crippen LogP contribution >= 0.6 is 0 Å². The molecule has 1 aliphatic rings. The molecule has 5 heteroatoms. The van der Waals surface area contributed by atoms with Crippen molar-refractivity contribution in [3.8, 4) is 0 Å². The average Bonchev–Trinajstić information content (AvgIpc) is 2.48. The number of rotatable bonds is 6. The molecule has 0 aliphatic heterocycles. The van der Waals surface area contributed by atoms with Gasteiger partial charge in [-0.25, -0.2) is 4.79 Å². The van der Waals surface area contributed by atoms with Gasteiger partial charge in [-0.2, -0.15) is 0 Å². The highest BCUT2D eigenvalue weighted by atomic mass is 16.5. The third-order valence-electron chi connectivity index (χ3n) is 4.08. The number of hydrogen-bond donors (Lipinski definition) is 2. The summed E-state index contributed by atoms with van der Waals surface area (Å²) in [5, 5.41) is 5.30. The molecule has 0 saturated heterocycles. The number of carbonyl (C=O) groups is 2. The van der Waals surface area contributed by atoms with Crippen molar-refractivity contribution in [2.75, 3.05) is 20.2 Å². The summed E-state index contributed by atoms with van der Waals surface area (Å²) in [6.45, 7) is 0.609. The van der Waals surface area contributed by atoms with Gasteiger partial charge in [-0.15, -0.1) is 0 Å². The quantitative estimate of drug-likeness (QED) is 0.840. The van der Waals surface area contributed by atoms with E-state index in [1.165, 1.54) is 19.1 Å². The van der Waals surface area contributed by atoms with Crippen LogP contribution in [0.1, 0.15) is 24.8 Å². The van der Waals surface area contributed by atoms with Crippen LogP contribution in [-0.2, 0) is 16.0 Å². The number of carbonyl (C=O) groups excluding carboxylic acids is 2. The van der Waals surface area contributed by atoms with Gasteiger partial charge >= 0.3 is 6.09 Å². The number of ether oxygens (including phenoxy) is 1. The zero-order valence-corrected chi connectivity index (χ0v) is 12.4. The normalized spacial score (nSPS) is 15.7. The Morgan fingerprint density at radius 2 is 1.90 bits per heavy atom. The lowest BCUT2D eigenvalue weighted by Gasteiger charge is -2.42. The van der Waals surface area contributed by atoms with E-state index in [2.05, 4.69) is 27.5 Å². The van der Waals surface area contributed by atoms with Crippen molar-refractivity contribution < 1.29 is 14.3 Å². The zero-order chi connectivity index (χ0) is 15.1. The van der Waals surface area contributed by atoms with Gasteiger partial charge in [0.15, 0.2) is 0 Å². The zero-order valence-electron chi connectivity index (χ0n) is 12.4. The van der Waals surface area contributed by atoms with Crippen molar-refractivity contribution in [3.05, 3.63) is 35.9 Å². The van der Waals surface area contributed by atoms with Gasteiger partial charge < -0.3 is 15.4 Å². The maximum atomic E-state index is 11.7. The van der Waals surface area contributed by atoms with E-state index in [0.717, 1.165) is 19.3 Å². The summed E-state index contributed by atoms with van der Waals surface area (Å²) in [4.78, 5) is 22.6. The molecular weight excluding hydrogens is 268 g/mol. The van der Waals surface area contributed by atoms with Crippen molar-refractivity contribution in [2.45, 2.75) is 25.7 Å². The van der Waals surface area contributed by atoms with Crippen LogP contribution in [0.2, 0.25) is 0 Å². The number of amides is 2. The van der Waals surface area contributed by atoms with E-state index < -0.39 is 6.09 Å². The molecule has 2 N–H and O–H groups in total. The third kappa shape index (κ3) is 4.48. The van der Waals surface area contributed by atoms with Gasteiger partial charge in [-0.3, -0.25) is 4.79 Å². The highest BCUT2D eigenvalue weighted by Crippen LogP contribution is 2.43. The van der Waals surface area contributed by atoms with Crippen LogP contribution < -0.4 is 10.6 Å². The number of methoxy groups -OCH3 is 1. The second-order valence-corrected chi connectivity index (χ2v) is 5.64. The molecule has 0 atom stereocenters. The predicted molar refractivity (Wildman–Crippen MR) is 79.8 cm³/mol. The molecule has 0 aromatic heterocycles. The lowest BCUT2D eigenvalue weighted by Crippen LogP contribution is -2.46. The molecule has 1 aromatic carbocycles. The van der Waals surface area contributed by atoms with Crippen molar-refractivity contribution in [1.29, 1.82) is 0 Å². The molecule has 0 heterocycles. The molecule has 0 radical (unpaired) electrons. The van der Waals surface area contributed by atoms with Gasteiger partial charge in [0.1, 0.15) is 0 Å². The summed E-state index contributed by atoms with van der Waals surface area (Å²) < 4.78 is 4.43. The molecule has 1 aliphatic carbocycles. The first kappa shape index (κ1) is 15.4. The maximum Gasteiger partial charge on any atom is 0.407 e. The maximum absolute atomic E-state index is 11.7. The van der Waals surface area contributed by atoms with Crippen LogP contribution in [-0.4, -0.2) is 32.2 Å². The molecule has 5 nitrogen and oxygen atoms in total. The number of benzene rings is 1. The van der Waals surface area contributed by atoms with Crippen molar-refractivity contribution in [3.63, 3.8) is 0 Å². The van der Waals surface area contributed by atoms with E-state index >= 15 is 0 Å². The van der Waals surface area contributed by atoms with Crippen molar-refractivity contribution in [1.82, 2.24) is 10.6 Å². The summed E-state index contributed by atoms with van der Waals surface area (Å²) in [6, 6.07) is 10.3. The van der Waals surface area contributed by atoms with Gasteiger partial charge in [0, 0.05) is 6.54 Å². The van der Waals surface area contributed by atoms with E-state index in [-0.39, 0.29) is 17.9 Å². The molecule has 2 rings (SSSR count). The van der Waals surface area contributed by atoms with Crippen molar-refractivity contribution in [2.24, 2.45) is 5.41 Å². The second-order valence-electron chi connectivity index (χ2n) is 5.64. The average molecular weight is 290 g/mol. The SMILES string of the molecule is COC(=O)NCC(=O)NCC1(Cc2ccccc2)CCC1. The minimum atomic E-state index is -0.590. The minimum Gasteiger partial charge on any atom is -0.453 e. The van der Waals surface area contributed by atoms with Crippen LogP contribution in [0.25, 0.3) is 0 Å². The molecule has 21 heavy (non-hydrogen) atoms. The Hall–Kier alpha value is -2.04. The Morgan fingerprint density at radius 1 is 1.19 bits per heavy atom. The highest BCUT2D eigenvalue weighted by Gasteiger charge is 2.37. The number of nitrogens with one attached hydrogen (secondary N) is 2. The molecule has 1 aromatic rings. The van der Waals surface area contributed by atoms with E-state index in [1.54, 1.807) is 0 Å². The monoisotopic (exact) mass is 290 g/mol. The molecule has 0 unspecified atom stereocenters. The fourth-order valence-corrected chi connectivity index (χ4v) is 2.69. The Morgan fingerprint density at radius 3 is 2.48 bits per heavy atom. The molecule has 1 fully saturated rings. The standard InChI is InChI=1S/C16H22N2O3/c1-21-15(20)17-11-14(19)18-12-16(8-5-9-16)10-13-6-3-2-4-7-13/h2-4,6-7H,5,8-12H2,1H3,(H,17,20)(H,18,19). The first-order chi connectivity index (χ1) is 10.1. The fraction of sp³-hybridized carbons (Fsp3) is 0.500. The van der Waals surface area contributed by atoms with Crippen LogP contribution in [0.15, 0.2) is 30.3 Å². The van der Waals surface area contributed by atoms with Gasteiger partial charge in [0.05, 0.1) is 13.7 Å². The number of hydrogen-bond acceptors (Lipinski definition) is 3. The molecule has 114 valence electrons. The molecule has 2 amide bonds. The Kier molecular flexibility index (Phi) is 5.20. The highest BCUT2D eigenvalue weighted by molar-refractivity contribution is 5.82. The molecular formula is C16H22N2O3. The van der Waals surface area contributed by atoms with E-state index in [4.69, 9.17) is 0 Å². The smallest absolute Gasteiger partial charge is 0.407 e. The fourth-order valence-electron chi connectivity index (χ4n) is 2.69. The molecule has 1 saturated carbocycles. The van der Waals surface area contributed by atoms with E-state index in [1.807, 2.05) is 18.2 Å². The second kappa shape index (κ2) is 7.11. The molecule has 0 spiro atoms. The van der Waals surface area contributed by atoms with Gasteiger partial charge in [-0.05, 0) is 30.2 Å². The lowest BCUT2D eigenvalue weighted by molar-refractivity contribution is -0.121.